The third-order valence-electron chi connectivity index (χ3n) is 2.54. The summed E-state index contributed by atoms with van der Waals surface area (Å²) in [5.74, 6) is -2.81. The molecule has 148 valence electrons. The van der Waals surface area contributed by atoms with Crippen molar-refractivity contribution < 1.29 is 42.4 Å². The minimum atomic E-state index is -5.08. The van der Waals surface area contributed by atoms with Crippen molar-refractivity contribution in [3.63, 3.8) is 0 Å². The highest BCUT2D eigenvalue weighted by Crippen LogP contribution is 2.13. The van der Waals surface area contributed by atoms with Crippen LogP contribution in [0.4, 0.5) is 13.2 Å². The Morgan fingerprint density at radius 2 is 1.54 bits per heavy atom. The van der Waals surface area contributed by atoms with E-state index in [-0.39, 0.29) is 11.7 Å². The number of phenolic OH excluding ortho intramolecular Hbond substituents is 1. The third-order valence-corrected chi connectivity index (χ3v) is 2.54. The number of nitrogens with two attached hydrogens (primary N) is 1. The van der Waals surface area contributed by atoms with Crippen LogP contribution >= 0.6 is 0 Å². The van der Waals surface area contributed by atoms with E-state index >= 15 is 0 Å². The van der Waals surface area contributed by atoms with Crippen molar-refractivity contribution in [2.45, 2.75) is 6.18 Å². The Morgan fingerprint density at radius 1 is 1.04 bits per heavy atom. The molecule has 1 aromatic carbocycles. The number of hydrogen-bond acceptors (Lipinski definition) is 6. The molecule has 0 aliphatic rings. The number of rotatable bonds is 9. The van der Waals surface area contributed by atoms with Gasteiger partial charge in [-0.3, -0.25) is 4.79 Å². The Morgan fingerprint density at radius 3 is 2.00 bits per heavy atom. The van der Waals surface area contributed by atoms with Crippen molar-refractivity contribution in [3.8, 4) is 5.75 Å². The topological polar surface area (TPSA) is 131 Å². The van der Waals surface area contributed by atoms with E-state index in [1.165, 1.54) is 12.1 Å². The first-order chi connectivity index (χ1) is 12.2. The van der Waals surface area contributed by atoms with Gasteiger partial charge in [-0.15, -0.1) is 0 Å². The van der Waals surface area contributed by atoms with E-state index in [1.807, 2.05) is 0 Å². The number of halogens is 3. The van der Waals surface area contributed by atoms with Crippen LogP contribution in [0.25, 0.3) is 0 Å². The van der Waals surface area contributed by atoms with Gasteiger partial charge in [0.1, 0.15) is 5.75 Å². The summed E-state index contributed by atoms with van der Waals surface area (Å²) >= 11 is 0. The van der Waals surface area contributed by atoms with Crippen LogP contribution in [-0.2, 0) is 14.3 Å². The number of benzene rings is 1. The third kappa shape index (κ3) is 12.1. The molecule has 0 aliphatic carbocycles. The van der Waals surface area contributed by atoms with E-state index in [2.05, 4.69) is 5.32 Å². The number of phenols is 1. The number of aromatic hydroxyl groups is 1. The fraction of sp³-hybridized carbons (Fsp3) is 0.467. The normalized spacial score (nSPS) is 10.6. The Balaban J connectivity index is 0.000000758. The summed E-state index contributed by atoms with van der Waals surface area (Å²) < 4.78 is 42.1. The number of carboxylic acids is 1. The zero-order valence-electron chi connectivity index (χ0n) is 13.8. The van der Waals surface area contributed by atoms with Crippen LogP contribution in [0, 0.1) is 0 Å². The molecular weight excluding hydrogens is 361 g/mol. The molecule has 26 heavy (non-hydrogen) atoms. The number of nitrogens with one attached hydrogen (secondary N) is 1. The van der Waals surface area contributed by atoms with Crippen LogP contribution in [0.2, 0.25) is 0 Å². The molecule has 1 amide bonds. The number of amides is 1. The van der Waals surface area contributed by atoms with Crippen molar-refractivity contribution in [2.24, 2.45) is 5.73 Å². The highest BCUT2D eigenvalue weighted by atomic mass is 19.4. The number of aliphatic carboxylic acids is 1. The van der Waals surface area contributed by atoms with Crippen molar-refractivity contribution in [1.29, 1.82) is 0 Å². The van der Waals surface area contributed by atoms with E-state index in [9.17, 15) is 18.0 Å². The Labute approximate surface area is 147 Å². The lowest BCUT2D eigenvalue weighted by Crippen LogP contribution is -2.27. The first-order valence-corrected chi connectivity index (χ1v) is 7.41. The van der Waals surface area contributed by atoms with Gasteiger partial charge in [0.2, 0.25) is 0 Å². The number of alkyl halides is 3. The van der Waals surface area contributed by atoms with Crippen molar-refractivity contribution in [3.05, 3.63) is 29.8 Å². The molecule has 1 aromatic rings. The molecule has 11 heteroatoms. The molecule has 0 aliphatic heterocycles. The van der Waals surface area contributed by atoms with Crippen LogP contribution < -0.4 is 11.1 Å². The molecule has 0 aromatic heterocycles. The van der Waals surface area contributed by atoms with Crippen LogP contribution in [0.5, 0.6) is 5.75 Å². The van der Waals surface area contributed by atoms with Crippen molar-refractivity contribution >= 4 is 11.9 Å². The number of carbonyl (C=O) groups is 2. The lowest BCUT2D eigenvalue weighted by Gasteiger charge is -2.07. The van der Waals surface area contributed by atoms with Gasteiger partial charge in [0, 0.05) is 18.7 Å². The predicted molar refractivity (Wildman–Crippen MR) is 84.8 cm³/mol. The number of ether oxygens (including phenoxy) is 2. The van der Waals surface area contributed by atoms with Crippen LogP contribution in [-0.4, -0.2) is 67.8 Å². The predicted octanol–water partition coefficient (Wildman–Crippen LogP) is 0.747. The lowest BCUT2D eigenvalue weighted by atomic mass is 10.2. The summed E-state index contributed by atoms with van der Waals surface area (Å²) in [6.07, 6.45) is -5.08. The van der Waals surface area contributed by atoms with Gasteiger partial charge in [0.15, 0.2) is 0 Å². The standard InChI is InChI=1S/C13H20N2O4.C2HF3O2/c14-5-7-18-9-10-19-8-6-15-13(17)11-1-3-12(16)4-2-11;3-2(4,5)1(6)7/h1-4,16H,5-10,14H2,(H,15,17);(H,6,7). The van der Waals surface area contributed by atoms with Crippen molar-refractivity contribution in [2.75, 3.05) is 39.5 Å². The molecule has 0 saturated heterocycles. The van der Waals surface area contributed by atoms with Gasteiger partial charge >= 0.3 is 12.1 Å². The summed E-state index contributed by atoms with van der Waals surface area (Å²) in [5, 5.41) is 18.9. The molecule has 0 bridgehead atoms. The maximum Gasteiger partial charge on any atom is 0.490 e. The van der Waals surface area contributed by atoms with Crippen LogP contribution in [0.3, 0.4) is 0 Å². The molecule has 0 saturated carbocycles. The maximum atomic E-state index is 11.6. The van der Waals surface area contributed by atoms with Gasteiger partial charge in [-0.05, 0) is 24.3 Å². The number of hydrogen-bond donors (Lipinski definition) is 4. The average Bonchev–Trinajstić information content (AvgIpc) is 2.57. The molecule has 0 unspecified atom stereocenters. The SMILES string of the molecule is NCCOCCOCCNC(=O)c1ccc(O)cc1.O=C(O)C(F)(F)F. The molecule has 0 heterocycles. The van der Waals surface area contributed by atoms with Gasteiger partial charge in [0.05, 0.1) is 26.4 Å². The Kier molecular flexibility index (Phi) is 11.7. The first-order valence-electron chi connectivity index (χ1n) is 7.41. The van der Waals surface area contributed by atoms with Gasteiger partial charge in [-0.1, -0.05) is 0 Å². The maximum absolute atomic E-state index is 11.6. The minimum absolute atomic E-state index is 0.136. The average molecular weight is 382 g/mol. The van der Waals surface area contributed by atoms with E-state index in [0.717, 1.165) is 0 Å². The highest BCUT2D eigenvalue weighted by Gasteiger charge is 2.38. The quantitative estimate of drug-likeness (QED) is 0.464. The second-order valence-corrected chi connectivity index (χ2v) is 4.62. The second-order valence-electron chi connectivity index (χ2n) is 4.62. The zero-order chi connectivity index (χ0) is 20.0. The Hall–Kier alpha value is -2.37. The molecule has 0 radical (unpaired) electrons. The number of carbonyl (C=O) groups excluding carboxylic acids is 1. The lowest BCUT2D eigenvalue weighted by molar-refractivity contribution is -0.192. The van der Waals surface area contributed by atoms with Gasteiger partial charge in [-0.25, -0.2) is 4.79 Å². The number of carboxylic acid groups (broad SMARTS) is 1. The van der Waals surface area contributed by atoms with Crippen molar-refractivity contribution in [1.82, 2.24) is 5.32 Å². The fourth-order valence-corrected chi connectivity index (χ4v) is 1.36. The van der Waals surface area contributed by atoms with Gasteiger partial charge in [-0.2, -0.15) is 13.2 Å². The molecule has 8 nitrogen and oxygen atoms in total. The smallest absolute Gasteiger partial charge is 0.490 e. The minimum Gasteiger partial charge on any atom is -0.508 e. The summed E-state index contributed by atoms with van der Waals surface area (Å²) in [6.45, 7) is 2.87. The molecule has 1 rings (SSSR count). The molecule has 0 spiro atoms. The summed E-state index contributed by atoms with van der Waals surface area (Å²) in [5.41, 5.74) is 5.76. The second kappa shape index (κ2) is 12.9. The highest BCUT2D eigenvalue weighted by molar-refractivity contribution is 5.94. The molecular formula is C15H21F3N2O6. The van der Waals surface area contributed by atoms with E-state index < -0.39 is 12.1 Å². The van der Waals surface area contributed by atoms with E-state index in [4.69, 9.17) is 30.2 Å². The first kappa shape index (κ1) is 23.6. The molecule has 5 N–H and O–H groups in total. The zero-order valence-corrected chi connectivity index (χ0v) is 13.8. The monoisotopic (exact) mass is 382 g/mol. The molecule has 0 fully saturated rings. The van der Waals surface area contributed by atoms with E-state index in [1.54, 1.807) is 12.1 Å². The van der Waals surface area contributed by atoms with Crippen LogP contribution in [0.15, 0.2) is 24.3 Å². The van der Waals surface area contributed by atoms with Gasteiger partial charge in [0.25, 0.3) is 5.91 Å². The van der Waals surface area contributed by atoms with E-state index in [0.29, 0.717) is 45.1 Å². The van der Waals surface area contributed by atoms with Gasteiger partial charge < -0.3 is 30.7 Å². The Bertz CT molecular complexity index is 537. The summed E-state index contributed by atoms with van der Waals surface area (Å²) in [7, 11) is 0. The molecule has 0 atom stereocenters. The summed E-state index contributed by atoms with van der Waals surface area (Å²) in [4.78, 5) is 20.5. The van der Waals surface area contributed by atoms with Crippen LogP contribution in [0.1, 0.15) is 10.4 Å². The summed E-state index contributed by atoms with van der Waals surface area (Å²) in [6, 6.07) is 6.07. The fourth-order valence-electron chi connectivity index (χ4n) is 1.36. The largest absolute Gasteiger partial charge is 0.508 e.